The molecule has 0 bridgehead atoms. The smallest absolute Gasteiger partial charge is 0.0765 e. The first-order chi connectivity index (χ1) is 31.3. The summed E-state index contributed by atoms with van der Waals surface area (Å²) in [5, 5.41) is 10.1. The van der Waals surface area contributed by atoms with E-state index in [0.717, 1.165) is 5.69 Å². The Kier molecular flexibility index (Phi) is 6.55. The van der Waals surface area contributed by atoms with Gasteiger partial charge in [-0.3, -0.25) is 0 Å². The highest BCUT2D eigenvalue weighted by Gasteiger charge is 2.50. The van der Waals surface area contributed by atoms with Crippen LogP contribution >= 0.6 is 11.8 Å². The Morgan fingerprint density at radius 3 is 1.71 bits per heavy atom. The first kappa shape index (κ1) is 33.9. The number of rotatable bonds is 2. The van der Waals surface area contributed by atoms with Gasteiger partial charge in [-0.1, -0.05) is 163 Å². The number of hydrogen-bond donors (Lipinski definition) is 0. The molecule has 5 heterocycles. The lowest BCUT2D eigenvalue weighted by molar-refractivity contribution is 0.691. The van der Waals surface area contributed by atoms with Crippen LogP contribution in [0.2, 0.25) is 0 Å². The standard InChI is InChI=1S/C59H35N3S/c1-2-15-37-34-38(29-28-36(37)14-1)60-50-23-8-5-18-42(50)45-35-39(30-33-53(45)60)61-51-24-9-3-17-41(51)44-31-32-49-58(57(44)61)63-55-27-12-7-21-47(55)59(49)46-20-6-11-26-54(46)62-52-25-10-4-16-40(52)43-19-13-22-48(59)56(43)62/h1-35H. The highest BCUT2D eigenvalue weighted by Crippen LogP contribution is 2.62. The maximum Gasteiger partial charge on any atom is 0.0765 e. The first-order valence-electron chi connectivity index (χ1n) is 21.8. The molecule has 3 aromatic heterocycles. The quantitative estimate of drug-likeness (QED) is 0.170. The zero-order valence-corrected chi connectivity index (χ0v) is 34.8. The van der Waals surface area contributed by atoms with E-state index in [-0.39, 0.29) is 0 Å². The van der Waals surface area contributed by atoms with Gasteiger partial charge in [-0.25, -0.2) is 0 Å². The third-order valence-electron chi connectivity index (χ3n) is 14.3. The second-order valence-corrected chi connectivity index (χ2v) is 18.2. The molecule has 4 heteroatoms. The molecule has 1 spiro atoms. The van der Waals surface area contributed by atoms with Gasteiger partial charge in [0.1, 0.15) is 0 Å². The molecule has 10 aromatic carbocycles. The molecule has 1 atom stereocenters. The van der Waals surface area contributed by atoms with Crippen LogP contribution in [0.25, 0.3) is 93.3 Å². The third kappa shape index (κ3) is 4.22. The van der Waals surface area contributed by atoms with E-state index >= 15 is 0 Å². The van der Waals surface area contributed by atoms with Crippen LogP contribution in [-0.4, -0.2) is 13.7 Å². The van der Waals surface area contributed by atoms with Gasteiger partial charge >= 0.3 is 0 Å². The van der Waals surface area contributed by atoms with E-state index in [0.29, 0.717) is 0 Å². The van der Waals surface area contributed by atoms with Gasteiger partial charge in [0.15, 0.2) is 0 Å². The molecule has 0 saturated heterocycles. The predicted octanol–water partition coefficient (Wildman–Crippen LogP) is 15.3. The van der Waals surface area contributed by atoms with Crippen molar-refractivity contribution in [3.63, 3.8) is 0 Å². The monoisotopic (exact) mass is 817 g/mol. The van der Waals surface area contributed by atoms with Crippen molar-refractivity contribution in [2.75, 3.05) is 0 Å². The summed E-state index contributed by atoms with van der Waals surface area (Å²) >= 11 is 1.93. The van der Waals surface area contributed by atoms with Crippen molar-refractivity contribution >= 4 is 88.0 Å². The van der Waals surface area contributed by atoms with E-state index in [1.807, 2.05) is 11.8 Å². The average Bonchev–Trinajstić information content (AvgIpc) is 3.99. The van der Waals surface area contributed by atoms with Gasteiger partial charge in [0.05, 0.1) is 44.2 Å². The van der Waals surface area contributed by atoms with E-state index in [9.17, 15) is 0 Å². The molecule has 63 heavy (non-hydrogen) atoms. The van der Waals surface area contributed by atoms with Crippen LogP contribution in [-0.2, 0) is 5.41 Å². The van der Waals surface area contributed by atoms with Crippen LogP contribution in [0.15, 0.2) is 222 Å². The Morgan fingerprint density at radius 2 is 0.889 bits per heavy atom. The Hall–Kier alpha value is -7.79. The number of nitrogens with zero attached hydrogens (tertiary/aromatic N) is 3. The fraction of sp³-hybridized carbons (Fsp3) is 0.0169. The van der Waals surface area contributed by atoms with Gasteiger partial charge in [-0.2, -0.15) is 0 Å². The highest BCUT2D eigenvalue weighted by molar-refractivity contribution is 7.99. The minimum atomic E-state index is -0.565. The number of hydrogen-bond acceptors (Lipinski definition) is 1. The molecule has 3 nitrogen and oxygen atoms in total. The summed E-state index contributed by atoms with van der Waals surface area (Å²) in [6.07, 6.45) is 0. The molecule has 0 radical (unpaired) electrons. The molecule has 2 aliphatic heterocycles. The van der Waals surface area contributed by atoms with E-state index in [4.69, 9.17) is 0 Å². The van der Waals surface area contributed by atoms with E-state index in [1.54, 1.807) is 0 Å². The van der Waals surface area contributed by atoms with Crippen molar-refractivity contribution in [2.24, 2.45) is 0 Å². The summed E-state index contributed by atoms with van der Waals surface area (Å²) in [7, 11) is 0. The fourth-order valence-corrected chi connectivity index (χ4v) is 13.1. The molecule has 0 amide bonds. The number of benzene rings is 10. The van der Waals surface area contributed by atoms with E-state index in [2.05, 4.69) is 226 Å². The summed E-state index contributed by atoms with van der Waals surface area (Å²) in [5.74, 6) is 0. The van der Waals surface area contributed by atoms with Gasteiger partial charge in [0, 0.05) is 53.5 Å². The molecular formula is C59H35N3S. The Morgan fingerprint density at radius 1 is 0.317 bits per heavy atom. The number of aromatic nitrogens is 3. The largest absolute Gasteiger partial charge is 0.309 e. The van der Waals surface area contributed by atoms with E-state index < -0.39 is 5.41 Å². The van der Waals surface area contributed by atoms with Crippen molar-refractivity contribution in [3.8, 4) is 17.1 Å². The minimum absolute atomic E-state index is 0.565. The summed E-state index contributed by atoms with van der Waals surface area (Å²) in [6, 6.07) is 79.6. The average molecular weight is 818 g/mol. The third-order valence-corrected chi connectivity index (χ3v) is 15.4. The molecule has 0 N–H and O–H groups in total. The summed E-state index contributed by atoms with van der Waals surface area (Å²) < 4.78 is 7.53. The van der Waals surface area contributed by atoms with Crippen LogP contribution < -0.4 is 0 Å². The molecule has 0 saturated carbocycles. The lowest BCUT2D eigenvalue weighted by Crippen LogP contribution is -2.37. The summed E-state index contributed by atoms with van der Waals surface area (Å²) in [6.45, 7) is 0. The topological polar surface area (TPSA) is 14.8 Å². The van der Waals surface area contributed by atoms with Crippen molar-refractivity contribution in [2.45, 2.75) is 15.2 Å². The summed E-state index contributed by atoms with van der Waals surface area (Å²) in [5.41, 5.74) is 15.7. The van der Waals surface area contributed by atoms with E-state index in [1.165, 1.54) is 120 Å². The molecule has 15 rings (SSSR count). The van der Waals surface area contributed by atoms with Gasteiger partial charge in [-0.15, -0.1) is 0 Å². The lowest BCUT2D eigenvalue weighted by atomic mass is 9.62. The lowest BCUT2D eigenvalue weighted by Gasteiger charge is -2.45. The van der Waals surface area contributed by atoms with Crippen LogP contribution in [0, 0.1) is 0 Å². The van der Waals surface area contributed by atoms with Gasteiger partial charge in [-0.05, 0) is 93.7 Å². The van der Waals surface area contributed by atoms with Gasteiger partial charge in [0.25, 0.3) is 0 Å². The predicted molar refractivity (Wildman–Crippen MR) is 263 cm³/mol. The van der Waals surface area contributed by atoms with Crippen LogP contribution in [0.1, 0.15) is 22.3 Å². The Bertz CT molecular complexity index is 4140. The number of para-hydroxylation sites is 5. The Balaban J connectivity index is 1.06. The van der Waals surface area contributed by atoms with Crippen molar-refractivity contribution in [1.29, 1.82) is 0 Å². The van der Waals surface area contributed by atoms with Crippen LogP contribution in [0.3, 0.4) is 0 Å². The van der Waals surface area contributed by atoms with Crippen LogP contribution in [0.5, 0.6) is 0 Å². The zero-order chi connectivity index (χ0) is 41.0. The molecule has 1 unspecified atom stereocenters. The normalized spacial score (nSPS) is 15.3. The van der Waals surface area contributed by atoms with Crippen LogP contribution in [0.4, 0.5) is 0 Å². The van der Waals surface area contributed by atoms with Crippen molar-refractivity contribution in [1.82, 2.24) is 13.7 Å². The SMILES string of the molecule is c1ccc2c(c1)Sc1c(ccc3c4ccccc4n(-c4ccc5c(c4)c4ccccc4n5-c4ccc5ccccc5c4)c13)C21c2ccccc2-n2c3ccccc3c3cccc1c32. The second-order valence-electron chi connectivity index (χ2n) is 17.2. The van der Waals surface area contributed by atoms with Gasteiger partial charge < -0.3 is 13.7 Å². The summed E-state index contributed by atoms with van der Waals surface area (Å²) in [4.78, 5) is 2.59. The zero-order valence-electron chi connectivity index (χ0n) is 34.0. The second kappa shape index (κ2) is 12.2. The molecule has 0 fully saturated rings. The van der Waals surface area contributed by atoms with Gasteiger partial charge in [0.2, 0.25) is 0 Å². The Labute approximate surface area is 366 Å². The molecular weight excluding hydrogens is 783 g/mol. The fourth-order valence-electron chi connectivity index (χ4n) is 11.8. The van der Waals surface area contributed by atoms with Crippen molar-refractivity contribution < 1.29 is 0 Å². The maximum atomic E-state index is 2.56. The molecule has 2 aliphatic rings. The molecule has 0 aliphatic carbocycles. The maximum absolute atomic E-state index is 2.56. The molecule has 292 valence electrons. The highest BCUT2D eigenvalue weighted by atomic mass is 32.2. The number of fused-ring (bicyclic) bond motifs is 19. The minimum Gasteiger partial charge on any atom is -0.309 e. The first-order valence-corrected chi connectivity index (χ1v) is 22.6. The molecule has 13 aromatic rings. The van der Waals surface area contributed by atoms with Crippen molar-refractivity contribution in [3.05, 3.63) is 235 Å².